The first-order valence-electron chi connectivity index (χ1n) is 3.89. The van der Waals surface area contributed by atoms with Gasteiger partial charge in [-0.2, -0.15) is 0 Å². The predicted molar refractivity (Wildman–Crippen MR) is 48.9 cm³/mol. The monoisotopic (exact) mass is 209 g/mol. The molecular formula is C7H15NO4S. The molecule has 1 unspecified atom stereocenters. The third-order valence-electron chi connectivity index (χ3n) is 1.86. The lowest BCUT2D eigenvalue weighted by Crippen LogP contribution is -2.28. The average molecular weight is 209 g/mol. The van der Waals surface area contributed by atoms with Crippen molar-refractivity contribution in [3.8, 4) is 0 Å². The van der Waals surface area contributed by atoms with E-state index >= 15 is 0 Å². The molecular weight excluding hydrogens is 194 g/mol. The van der Waals surface area contributed by atoms with Gasteiger partial charge in [0.05, 0.1) is 12.2 Å². The van der Waals surface area contributed by atoms with Gasteiger partial charge in [-0.3, -0.25) is 4.79 Å². The standard InChI is InChI=1S/C7H15NO4S/c1-6(7(9)10)4-5-8(2)13(3,11)12/h6H,4-5H2,1-3H3,(H,9,10). The minimum Gasteiger partial charge on any atom is -0.481 e. The van der Waals surface area contributed by atoms with Gasteiger partial charge < -0.3 is 5.11 Å². The lowest BCUT2D eigenvalue weighted by atomic mass is 10.1. The van der Waals surface area contributed by atoms with E-state index in [0.717, 1.165) is 10.6 Å². The van der Waals surface area contributed by atoms with Crippen LogP contribution >= 0.6 is 0 Å². The summed E-state index contributed by atoms with van der Waals surface area (Å²) in [6.45, 7) is 1.80. The maximum atomic E-state index is 10.9. The molecule has 1 N–H and O–H groups in total. The Bertz CT molecular complexity index is 272. The van der Waals surface area contributed by atoms with Crippen LogP contribution in [-0.2, 0) is 14.8 Å². The number of carbonyl (C=O) groups is 1. The highest BCUT2D eigenvalue weighted by Crippen LogP contribution is 2.04. The summed E-state index contributed by atoms with van der Waals surface area (Å²) >= 11 is 0. The largest absolute Gasteiger partial charge is 0.481 e. The summed E-state index contributed by atoms with van der Waals surface area (Å²) in [6.07, 6.45) is 1.43. The zero-order chi connectivity index (χ0) is 10.6. The Hall–Kier alpha value is -0.620. The van der Waals surface area contributed by atoms with Crippen LogP contribution in [0.15, 0.2) is 0 Å². The topological polar surface area (TPSA) is 74.7 Å². The summed E-state index contributed by atoms with van der Waals surface area (Å²) in [5.74, 6) is -1.41. The molecule has 0 aliphatic heterocycles. The molecule has 6 heteroatoms. The number of nitrogens with zero attached hydrogens (tertiary/aromatic N) is 1. The number of rotatable bonds is 5. The average Bonchev–Trinajstić information content (AvgIpc) is 1.97. The van der Waals surface area contributed by atoms with Gasteiger partial charge in [0.15, 0.2) is 0 Å². The number of carboxylic acids is 1. The number of hydrogen-bond acceptors (Lipinski definition) is 3. The van der Waals surface area contributed by atoms with Crippen LogP contribution in [-0.4, -0.2) is 43.6 Å². The Morgan fingerprint density at radius 1 is 1.54 bits per heavy atom. The Morgan fingerprint density at radius 2 is 2.00 bits per heavy atom. The SMILES string of the molecule is CC(CCN(C)S(C)(=O)=O)C(=O)O. The summed E-state index contributed by atoms with van der Waals surface area (Å²) in [5, 5.41) is 8.53. The van der Waals surface area contributed by atoms with Crippen molar-refractivity contribution in [1.82, 2.24) is 4.31 Å². The fourth-order valence-corrected chi connectivity index (χ4v) is 1.10. The Labute approximate surface area is 78.4 Å². The second kappa shape index (κ2) is 4.57. The van der Waals surface area contributed by atoms with Crippen LogP contribution in [0.1, 0.15) is 13.3 Å². The smallest absolute Gasteiger partial charge is 0.306 e. The molecule has 0 heterocycles. The summed E-state index contributed by atoms with van der Waals surface area (Å²) < 4.78 is 22.9. The van der Waals surface area contributed by atoms with Crippen LogP contribution in [0.2, 0.25) is 0 Å². The maximum Gasteiger partial charge on any atom is 0.306 e. The molecule has 0 saturated carbocycles. The fraction of sp³-hybridized carbons (Fsp3) is 0.857. The quantitative estimate of drug-likeness (QED) is 0.691. The molecule has 0 aliphatic rings. The van der Waals surface area contributed by atoms with E-state index < -0.39 is 21.9 Å². The highest BCUT2D eigenvalue weighted by atomic mass is 32.2. The first kappa shape index (κ1) is 12.4. The molecule has 0 aromatic rings. The molecule has 0 radical (unpaired) electrons. The third kappa shape index (κ3) is 4.84. The van der Waals surface area contributed by atoms with Crippen molar-refractivity contribution >= 4 is 16.0 Å². The highest BCUT2D eigenvalue weighted by molar-refractivity contribution is 7.88. The third-order valence-corrected chi connectivity index (χ3v) is 3.18. The Morgan fingerprint density at radius 3 is 2.31 bits per heavy atom. The van der Waals surface area contributed by atoms with Crippen LogP contribution in [0.25, 0.3) is 0 Å². The Kier molecular flexibility index (Phi) is 4.35. The molecule has 0 spiro atoms. The van der Waals surface area contributed by atoms with Crippen molar-refractivity contribution in [3.05, 3.63) is 0 Å². The summed E-state index contributed by atoms with van der Waals surface area (Å²) in [7, 11) is -1.75. The van der Waals surface area contributed by atoms with E-state index in [9.17, 15) is 13.2 Å². The van der Waals surface area contributed by atoms with E-state index in [-0.39, 0.29) is 6.54 Å². The van der Waals surface area contributed by atoms with E-state index in [0.29, 0.717) is 6.42 Å². The molecule has 0 aliphatic carbocycles. The van der Waals surface area contributed by atoms with Crippen LogP contribution in [0.3, 0.4) is 0 Å². The molecule has 0 aromatic heterocycles. The molecule has 5 nitrogen and oxygen atoms in total. The number of hydrogen-bond donors (Lipinski definition) is 1. The molecule has 0 bridgehead atoms. The molecule has 13 heavy (non-hydrogen) atoms. The second-order valence-corrected chi connectivity index (χ2v) is 5.20. The normalized spacial score (nSPS) is 14.5. The van der Waals surface area contributed by atoms with Gasteiger partial charge in [-0.15, -0.1) is 0 Å². The van der Waals surface area contributed by atoms with Gasteiger partial charge in [0, 0.05) is 13.6 Å². The van der Waals surface area contributed by atoms with Crippen molar-refractivity contribution in [2.24, 2.45) is 5.92 Å². The van der Waals surface area contributed by atoms with Gasteiger partial charge in [0.25, 0.3) is 0 Å². The predicted octanol–water partition coefficient (Wildman–Crippen LogP) is -0.0114. The van der Waals surface area contributed by atoms with E-state index in [4.69, 9.17) is 5.11 Å². The molecule has 0 rings (SSSR count). The Balaban J connectivity index is 3.98. The van der Waals surface area contributed by atoms with Gasteiger partial charge in [0.1, 0.15) is 0 Å². The molecule has 0 amide bonds. The van der Waals surface area contributed by atoms with E-state index in [1.54, 1.807) is 6.92 Å². The molecule has 1 atom stereocenters. The van der Waals surface area contributed by atoms with Crippen LogP contribution in [0.5, 0.6) is 0 Å². The van der Waals surface area contributed by atoms with Crippen molar-refractivity contribution in [3.63, 3.8) is 0 Å². The van der Waals surface area contributed by atoms with Crippen molar-refractivity contribution < 1.29 is 18.3 Å². The van der Waals surface area contributed by atoms with Crippen LogP contribution in [0.4, 0.5) is 0 Å². The van der Waals surface area contributed by atoms with Crippen molar-refractivity contribution in [2.75, 3.05) is 19.8 Å². The van der Waals surface area contributed by atoms with E-state index in [1.807, 2.05) is 0 Å². The van der Waals surface area contributed by atoms with Crippen molar-refractivity contribution in [2.45, 2.75) is 13.3 Å². The van der Waals surface area contributed by atoms with Gasteiger partial charge in [0.2, 0.25) is 10.0 Å². The first-order chi connectivity index (χ1) is 5.75. The minimum atomic E-state index is -3.18. The van der Waals surface area contributed by atoms with E-state index in [1.165, 1.54) is 7.05 Å². The van der Waals surface area contributed by atoms with E-state index in [2.05, 4.69) is 0 Å². The summed E-state index contributed by atoms with van der Waals surface area (Å²) in [4.78, 5) is 10.4. The van der Waals surface area contributed by atoms with Crippen molar-refractivity contribution in [1.29, 1.82) is 0 Å². The highest BCUT2D eigenvalue weighted by Gasteiger charge is 2.15. The van der Waals surface area contributed by atoms with Crippen LogP contribution in [0, 0.1) is 5.92 Å². The second-order valence-electron chi connectivity index (χ2n) is 3.11. The van der Waals surface area contributed by atoms with Gasteiger partial charge >= 0.3 is 5.97 Å². The minimum absolute atomic E-state index is 0.242. The maximum absolute atomic E-state index is 10.9. The van der Waals surface area contributed by atoms with Gasteiger partial charge in [-0.25, -0.2) is 12.7 Å². The van der Waals surface area contributed by atoms with Crippen LogP contribution < -0.4 is 0 Å². The first-order valence-corrected chi connectivity index (χ1v) is 5.74. The zero-order valence-corrected chi connectivity index (χ0v) is 8.84. The van der Waals surface area contributed by atoms with Gasteiger partial charge in [-0.05, 0) is 6.42 Å². The summed E-state index contributed by atoms with van der Waals surface area (Å²) in [6, 6.07) is 0. The lowest BCUT2D eigenvalue weighted by molar-refractivity contribution is -0.141. The molecule has 0 fully saturated rings. The zero-order valence-electron chi connectivity index (χ0n) is 8.02. The number of aliphatic carboxylic acids is 1. The fourth-order valence-electron chi connectivity index (χ4n) is 0.665. The summed E-state index contributed by atoms with van der Waals surface area (Å²) in [5.41, 5.74) is 0. The lowest BCUT2D eigenvalue weighted by Gasteiger charge is -2.14. The van der Waals surface area contributed by atoms with Gasteiger partial charge in [-0.1, -0.05) is 6.92 Å². The number of sulfonamides is 1. The molecule has 0 saturated heterocycles. The number of carboxylic acid groups (broad SMARTS) is 1. The molecule has 78 valence electrons. The molecule has 0 aromatic carbocycles.